The Morgan fingerprint density at radius 3 is 2.25 bits per heavy atom. The van der Waals surface area contributed by atoms with Crippen LogP contribution in [-0.2, 0) is 4.79 Å². The molecule has 2 N–H and O–H groups in total. The van der Waals surface area contributed by atoms with E-state index >= 15 is 0 Å². The van der Waals surface area contributed by atoms with Gasteiger partial charge in [0.25, 0.3) is 5.91 Å². The molecule has 1 aromatic rings. The van der Waals surface area contributed by atoms with Crippen molar-refractivity contribution in [1.29, 1.82) is 0 Å². The maximum atomic E-state index is 13.5. The zero-order valence-corrected chi connectivity index (χ0v) is 17.1. The van der Waals surface area contributed by atoms with Crippen LogP contribution in [0.5, 0.6) is 0 Å². The normalized spacial score (nSPS) is 30.9. The fraction of sp³-hybridized carbons (Fsp3) is 0.652. The van der Waals surface area contributed by atoms with Crippen LogP contribution in [-0.4, -0.2) is 22.9 Å². The van der Waals surface area contributed by atoms with Gasteiger partial charge in [-0.25, -0.2) is 4.39 Å². The van der Waals surface area contributed by atoms with Gasteiger partial charge < -0.3 is 10.6 Å². The predicted molar refractivity (Wildman–Crippen MR) is 106 cm³/mol. The highest BCUT2D eigenvalue weighted by Crippen LogP contribution is 2.55. The van der Waals surface area contributed by atoms with E-state index < -0.39 is 11.4 Å². The van der Waals surface area contributed by atoms with Gasteiger partial charge in [0.2, 0.25) is 5.91 Å². The molecule has 0 aliphatic heterocycles. The molecule has 0 heterocycles. The minimum Gasteiger partial charge on any atom is -0.351 e. The largest absolute Gasteiger partial charge is 0.351 e. The topological polar surface area (TPSA) is 58.2 Å². The number of nitrogens with one attached hydrogen (secondary N) is 2. The summed E-state index contributed by atoms with van der Waals surface area (Å²) < 4.78 is 13.5. The zero-order valence-electron chi connectivity index (χ0n) is 17.1. The molecule has 2 amide bonds. The quantitative estimate of drug-likeness (QED) is 0.800. The van der Waals surface area contributed by atoms with Gasteiger partial charge in [-0.3, -0.25) is 9.59 Å². The molecule has 0 saturated heterocycles. The first-order chi connectivity index (χ1) is 13.1. The number of aryl methyl sites for hydroxylation is 1. The Morgan fingerprint density at radius 1 is 1.11 bits per heavy atom. The average Bonchev–Trinajstić information content (AvgIpc) is 2.53. The van der Waals surface area contributed by atoms with Crippen molar-refractivity contribution in [1.82, 2.24) is 10.6 Å². The molecular formula is C23H31FN2O2. The molecule has 0 radical (unpaired) electrons. The van der Waals surface area contributed by atoms with Crippen molar-refractivity contribution in [3.63, 3.8) is 0 Å². The number of amides is 2. The number of carbonyl (C=O) groups is 2. The van der Waals surface area contributed by atoms with Crippen LogP contribution in [0.2, 0.25) is 0 Å². The summed E-state index contributed by atoms with van der Waals surface area (Å²) in [6.07, 6.45) is 7.56. The monoisotopic (exact) mass is 386 g/mol. The zero-order chi connectivity index (χ0) is 20.1. The van der Waals surface area contributed by atoms with E-state index in [9.17, 15) is 14.0 Å². The van der Waals surface area contributed by atoms with E-state index in [0.717, 1.165) is 37.0 Å². The molecule has 1 aromatic carbocycles. The molecule has 4 saturated carbocycles. The van der Waals surface area contributed by atoms with Crippen molar-refractivity contribution in [3.8, 4) is 0 Å². The van der Waals surface area contributed by atoms with Crippen molar-refractivity contribution < 1.29 is 14.0 Å². The summed E-state index contributed by atoms with van der Waals surface area (Å²) in [4.78, 5) is 25.5. The highest BCUT2D eigenvalue weighted by atomic mass is 19.1. The first-order valence-corrected chi connectivity index (χ1v) is 10.5. The first-order valence-electron chi connectivity index (χ1n) is 10.5. The molecule has 0 spiro atoms. The van der Waals surface area contributed by atoms with Crippen LogP contribution in [0, 0.1) is 30.5 Å². The van der Waals surface area contributed by atoms with Crippen molar-refractivity contribution in [2.45, 2.75) is 76.8 Å². The average molecular weight is 387 g/mol. The molecular weight excluding hydrogens is 355 g/mol. The molecule has 28 heavy (non-hydrogen) atoms. The van der Waals surface area contributed by atoms with E-state index in [0.29, 0.717) is 11.1 Å². The lowest BCUT2D eigenvalue weighted by Gasteiger charge is -2.57. The van der Waals surface area contributed by atoms with Crippen LogP contribution >= 0.6 is 0 Å². The predicted octanol–water partition coefficient (Wildman–Crippen LogP) is 4.12. The molecule has 4 aliphatic rings. The third-order valence-corrected chi connectivity index (χ3v) is 6.94. The Morgan fingerprint density at radius 2 is 1.68 bits per heavy atom. The smallest absolute Gasteiger partial charge is 0.252 e. The Labute approximate surface area is 166 Å². The maximum absolute atomic E-state index is 13.5. The van der Waals surface area contributed by atoms with Gasteiger partial charge >= 0.3 is 0 Å². The summed E-state index contributed by atoms with van der Waals surface area (Å²) in [6, 6.07) is 4.18. The molecule has 4 fully saturated rings. The first kappa shape index (κ1) is 19.4. The van der Waals surface area contributed by atoms with Gasteiger partial charge in [-0.1, -0.05) is 6.07 Å². The van der Waals surface area contributed by atoms with Crippen LogP contribution in [0.1, 0.15) is 74.7 Å². The fourth-order valence-electron chi connectivity index (χ4n) is 6.26. The lowest BCUT2D eigenvalue weighted by molar-refractivity contribution is -0.127. The third kappa shape index (κ3) is 3.94. The van der Waals surface area contributed by atoms with Crippen molar-refractivity contribution >= 4 is 11.8 Å². The highest BCUT2D eigenvalue weighted by molar-refractivity contribution is 5.96. The highest BCUT2D eigenvalue weighted by Gasteiger charge is 2.51. The van der Waals surface area contributed by atoms with Gasteiger partial charge in [0.1, 0.15) is 5.82 Å². The number of benzene rings is 1. The lowest BCUT2D eigenvalue weighted by Crippen LogP contribution is -2.60. The minimum absolute atomic E-state index is 0.00298. The number of halogens is 1. The van der Waals surface area contributed by atoms with Crippen LogP contribution in [0.25, 0.3) is 0 Å². The molecule has 152 valence electrons. The second kappa shape index (κ2) is 6.85. The maximum Gasteiger partial charge on any atom is 0.252 e. The van der Waals surface area contributed by atoms with Gasteiger partial charge in [-0.15, -0.1) is 0 Å². The standard InChI is InChI=1S/C23H31FN2O2/c1-14-4-5-18(24)9-19(14)21(28)26-22(2,3)13-20(27)25-23-10-15-6-16(11-23)8-17(7-15)12-23/h4-5,9,15-17H,6-8,10-13H2,1-3H3,(H,25,27)(H,26,28). The molecule has 4 aliphatic carbocycles. The molecule has 5 heteroatoms. The Balaban J connectivity index is 1.38. The van der Waals surface area contributed by atoms with Crippen molar-refractivity contribution in [2.24, 2.45) is 17.8 Å². The van der Waals surface area contributed by atoms with Gasteiger partial charge in [0.05, 0.1) is 0 Å². The van der Waals surface area contributed by atoms with E-state index in [1.807, 2.05) is 13.8 Å². The summed E-state index contributed by atoms with van der Waals surface area (Å²) in [5, 5.41) is 6.28. The Bertz CT molecular complexity index is 767. The summed E-state index contributed by atoms with van der Waals surface area (Å²) in [5.74, 6) is 1.54. The number of carbonyl (C=O) groups excluding carboxylic acids is 2. The summed E-state index contributed by atoms with van der Waals surface area (Å²) >= 11 is 0. The van der Waals surface area contributed by atoms with Crippen molar-refractivity contribution in [3.05, 3.63) is 35.1 Å². The number of hydrogen-bond donors (Lipinski definition) is 2. The third-order valence-electron chi connectivity index (χ3n) is 6.94. The molecule has 0 atom stereocenters. The van der Waals surface area contributed by atoms with E-state index in [1.54, 1.807) is 13.0 Å². The number of rotatable bonds is 5. The molecule has 4 nitrogen and oxygen atoms in total. The molecule has 0 aromatic heterocycles. The Kier molecular flexibility index (Phi) is 4.75. The SMILES string of the molecule is Cc1ccc(F)cc1C(=O)NC(C)(C)CC(=O)NC12CC3CC(CC(C3)C1)C2. The summed E-state index contributed by atoms with van der Waals surface area (Å²) in [7, 11) is 0. The fourth-order valence-corrected chi connectivity index (χ4v) is 6.26. The second-order valence-corrected chi connectivity index (χ2v) is 10.2. The van der Waals surface area contributed by atoms with Crippen LogP contribution in [0.4, 0.5) is 4.39 Å². The van der Waals surface area contributed by atoms with Crippen molar-refractivity contribution in [2.75, 3.05) is 0 Å². The van der Waals surface area contributed by atoms with E-state index in [1.165, 1.54) is 31.4 Å². The van der Waals surface area contributed by atoms with E-state index in [2.05, 4.69) is 10.6 Å². The van der Waals surface area contributed by atoms with Crippen LogP contribution < -0.4 is 10.6 Å². The van der Waals surface area contributed by atoms with Crippen LogP contribution in [0.15, 0.2) is 18.2 Å². The second-order valence-electron chi connectivity index (χ2n) is 10.2. The lowest BCUT2D eigenvalue weighted by atomic mass is 9.53. The molecule has 4 bridgehead atoms. The molecule has 0 unspecified atom stereocenters. The van der Waals surface area contributed by atoms with Gasteiger partial charge in [-0.2, -0.15) is 0 Å². The number of hydrogen-bond acceptors (Lipinski definition) is 2. The summed E-state index contributed by atoms with van der Waals surface area (Å²) in [5.41, 5.74) is 0.301. The van der Waals surface area contributed by atoms with E-state index in [4.69, 9.17) is 0 Å². The molecule has 5 rings (SSSR count). The van der Waals surface area contributed by atoms with Gasteiger partial charge in [-0.05, 0) is 94.7 Å². The van der Waals surface area contributed by atoms with Gasteiger partial charge in [0.15, 0.2) is 0 Å². The minimum atomic E-state index is -0.706. The summed E-state index contributed by atoms with van der Waals surface area (Å²) in [6.45, 7) is 5.47. The van der Waals surface area contributed by atoms with Gasteiger partial charge in [0, 0.05) is 23.1 Å². The van der Waals surface area contributed by atoms with Crippen LogP contribution in [0.3, 0.4) is 0 Å². The Hall–Kier alpha value is -1.91. The van der Waals surface area contributed by atoms with E-state index in [-0.39, 0.29) is 23.8 Å².